The largest absolute Gasteiger partial charge is 0.322 e. The Morgan fingerprint density at radius 3 is 2.71 bits per heavy atom. The zero-order valence-electron chi connectivity index (χ0n) is 9.77. The van der Waals surface area contributed by atoms with Crippen molar-refractivity contribution < 1.29 is 0 Å². The number of aromatic nitrogens is 2. The molecule has 0 bridgehead atoms. The molecule has 0 aliphatic rings. The van der Waals surface area contributed by atoms with Crippen LogP contribution >= 0.6 is 27.3 Å². The SMILES string of the molecule is Cc1nc(CC(N)c2ccc(Br)cn2)sc1C. The van der Waals surface area contributed by atoms with Gasteiger partial charge in [-0.15, -0.1) is 11.3 Å². The Morgan fingerprint density at radius 1 is 1.41 bits per heavy atom. The minimum atomic E-state index is -0.0898. The van der Waals surface area contributed by atoms with E-state index in [0.717, 1.165) is 27.3 Å². The molecular formula is C12H14BrN3S. The third-order valence-corrected chi connectivity index (χ3v) is 4.16. The van der Waals surface area contributed by atoms with Crippen molar-refractivity contribution in [2.24, 2.45) is 5.73 Å². The van der Waals surface area contributed by atoms with Crippen LogP contribution in [0.4, 0.5) is 0 Å². The van der Waals surface area contributed by atoms with Gasteiger partial charge in [-0.25, -0.2) is 4.98 Å². The lowest BCUT2D eigenvalue weighted by molar-refractivity contribution is 0.692. The zero-order valence-corrected chi connectivity index (χ0v) is 12.2. The fourth-order valence-electron chi connectivity index (χ4n) is 1.53. The Bertz CT molecular complexity index is 487. The van der Waals surface area contributed by atoms with Crippen molar-refractivity contribution in [2.75, 3.05) is 0 Å². The molecule has 17 heavy (non-hydrogen) atoms. The maximum Gasteiger partial charge on any atom is 0.0950 e. The van der Waals surface area contributed by atoms with Crippen LogP contribution in [0.15, 0.2) is 22.8 Å². The van der Waals surface area contributed by atoms with Crippen LogP contribution in [0.2, 0.25) is 0 Å². The van der Waals surface area contributed by atoms with Crippen molar-refractivity contribution in [3.63, 3.8) is 0 Å². The maximum atomic E-state index is 6.13. The first-order valence-electron chi connectivity index (χ1n) is 5.36. The molecule has 0 saturated carbocycles. The van der Waals surface area contributed by atoms with E-state index in [4.69, 9.17) is 5.73 Å². The minimum absolute atomic E-state index is 0.0898. The van der Waals surface area contributed by atoms with Crippen molar-refractivity contribution in [2.45, 2.75) is 26.3 Å². The second kappa shape index (κ2) is 5.25. The molecule has 0 aliphatic heterocycles. The number of aryl methyl sites for hydroxylation is 2. The normalized spacial score (nSPS) is 12.7. The van der Waals surface area contributed by atoms with Crippen molar-refractivity contribution in [1.82, 2.24) is 9.97 Å². The Hall–Kier alpha value is -0.780. The van der Waals surface area contributed by atoms with E-state index in [0.29, 0.717) is 0 Å². The second-order valence-corrected chi connectivity index (χ2v) is 6.16. The number of thiazole rings is 1. The van der Waals surface area contributed by atoms with Crippen molar-refractivity contribution in [1.29, 1.82) is 0 Å². The summed E-state index contributed by atoms with van der Waals surface area (Å²) in [4.78, 5) is 10.1. The summed E-state index contributed by atoms with van der Waals surface area (Å²) in [6, 6.07) is 3.82. The molecular weight excluding hydrogens is 298 g/mol. The van der Waals surface area contributed by atoms with Gasteiger partial charge in [-0.3, -0.25) is 4.98 Å². The standard InChI is InChI=1S/C12H14BrN3S/c1-7-8(2)17-12(16-7)5-10(14)11-4-3-9(13)6-15-11/h3-4,6,10H,5,14H2,1-2H3. The molecule has 2 aromatic rings. The molecule has 0 amide bonds. The average molecular weight is 312 g/mol. The van der Waals surface area contributed by atoms with Gasteiger partial charge in [0.15, 0.2) is 0 Å². The second-order valence-electron chi connectivity index (χ2n) is 3.96. The average Bonchev–Trinajstić information content (AvgIpc) is 2.58. The van der Waals surface area contributed by atoms with Gasteiger partial charge in [-0.05, 0) is 41.9 Å². The molecule has 90 valence electrons. The van der Waals surface area contributed by atoms with E-state index in [1.807, 2.05) is 19.1 Å². The molecule has 2 heterocycles. The Labute approximate surface area is 113 Å². The molecule has 5 heteroatoms. The maximum absolute atomic E-state index is 6.13. The first kappa shape index (κ1) is 12.7. The van der Waals surface area contributed by atoms with Crippen LogP contribution < -0.4 is 5.73 Å². The number of rotatable bonds is 3. The highest BCUT2D eigenvalue weighted by Gasteiger charge is 2.12. The number of hydrogen-bond acceptors (Lipinski definition) is 4. The van der Waals surface area contributed by atoms with Gasteiger partial charge in [0.2, 0.25) is 0 Å². The quantitative estimate of drug-likeness (QED) is 0.947. The third kappa shape index (κ3) is 3.12. The predicted octanol–water partition coefficient (Wildman–Crippen LogP) is 3.16. The van der Waals surface area contributed by atoms with Gasteiger partial charge in [0.05, 0.1) is 22.4 Å². The Morgan fingerprint density at radius 2 is 2.18 bits per heavy atom. The molecule has 0 fully saturated rings. The molecule has 2 rings (SSSR count). The van der Waals surface area contributed by atoms with Gasteiger partial charge in [0.25, 0.3) is 0 Å². The molecule has 0 radical (unpaired) electrons. The van der Waals surface area contributed by atoms with E-state index in [9.17, 15) is 0 Å². The van der Waals surface area contributed by atoms with Gasteiger partial charge in [0, 0.05) is 22.0 Å². The lowest BCUT2D eigenvalue weighted by atomic mass is 10.1. The van der Waals surface area contributed by atoms with Crippen LogP contribution in [0.3, 0.4) is 0 Å². The molecule has 0 aliphatic carbocycles. The summed E-state index contributed by atoms with van der Waals surface area (Å²) < 4.78 is 0.967. The number of nitrogens with zero attached hydrogens (tertiary/aromatic N) is 2. The van der Waals surface area contributed by atoms with E-state index < -0.39 is 0 Å². The number of pyridine rings is 1. The first-order valence-corrected chi connectivity index (χ1v) is 6.97. The predicted molar refractivity (Wildman–Crippen MR) is 74.2 cm³/mol. The summed E-state index contributed by atoms with van der Waals surface area (Å²) in [5, 5.41) is 1.08. The molecule has 1 unspecified atom stereocenters. The van der Waals surface area contributed by atoms with Crippen LogP contribution in [0.5, 0.6) is 0 Å². The number of hydrogen-bond donors (Lipinski definition) is 1. The molecule has 0 spiro atoms. The molecule has 2 N–H and O–H groups in total. The van der Waals surface area contributed by atoms with Crippen LogP contribution in [-0.2, 0) is 6.42 Å². The fourth-order valence-corrected chi connectivity index (χ4v) is 2.75. The first-order chi connectivity index (χ1) is 8.06. The van der Waals surface area contributed by atoms with E-state index >= 15 is 0 Å². The summed E-state index contributed by atoms with van der Waals surface area (Å²) in [7, 11) is 0. The lowest BCUT2D eigenvalue weighted by Crippen LogP contribution is -2.14. The molecule has 1 atom stereocenters. The van der Waals surface area contributed by atoms with E-state index in [-0.39, 0.29) is 6.04 Å². The van der Waals surface area contributed by atoms with Crippen LogP contribution in [0.1, 0.15) is 27.3 Å². The topological polar surface area (TPSA) is 51.8 Å². The Balaban J connectivity index is 2.11. The molecule has 0 aromatic carbocycles. The van der Waals surface area contributed by atoms with Gasteiger partial charge >= 0.3 is 0 Å². The van der Waals surface area contributed by atoms with E-state index in [1.165, 1.54) is 4.88 Å². The van der Waals surface area contributed by atoms with Crippen molar-refractivity contribution in [3.05, 3.63) is 44.1 Å². The highest BCUT2D eigenvalue weighted by molar-refractivity contribution is 9.10. The van der Waals surface area contributed by atoms with Gasteiger partial charge in [-0.1, -0.05) is 0 Å². The van der Waals surface area contributed by atoms with Crippen molar-refractivity contribution in [3.8, 4) is 0 Å². The van der Waals surface area contributed by atoms with Crippen LogP contribution in [-0.4, -0.2) is 9.97 Å². The fraction of sp³-hybridized carbons (Fsp3) is 0.333. The van der Waals surface area contributed by atoms with E-state index in [2.05, 4.69) is 32.8 Å². The van der Waals surface area contributed by atoms with Gasteiger partial charge in [-0.2, -0.15) is 0 Å². The smallest absolute Gasteiger partial charge is 0.0950 e. The molecule has 3 nitrogen and oxygen atoms in total. The summed E-state index contributed by atoms with van der Waals surface area (Å²) in [5.74, 6) is 0. The van der Waals surface area contributed by atoms with Gasteiger partial charge in [0.1, 0.15) is 0 Å². The highest BCUT2D eigenvalue weighted by Crippen LogP contribution is 2.21. The van der Waals surface area contributed by atoms with Crippen LogP contribution in [0.25, 0.3) is 0 Å². The number of halogens is 1. The summed E-state index contributed by atoms with van der Waals surface area (Å²) in [6.45, 7) is 4.11. The zero-order chi connectivity index (χ0) is 12.4. The summed E-state index contributed by atoms with van der Waals surface area (Å²) >= 11 is 5.07. The Kier molecular flexibility index (Phi) is 3.91. The minimum Gasteiger partial charge on any atom is -0.322 e. The monoisotopic (exact) mass is 311 g/mol. The summed E-state index contributed by atoms with van der Waals surface area (Å²) in [6.07, 6.45) is 2.52. The van der Waals surface area contributed by atoms with Crippen molar-refractivity contribution >= 4 is 27.3 Å². The summed E-state index contributed by atoms with van der Waals surface area (Å²) in [5.41, 5.74) is 8.12. The lowest BCUT2D eigenvalue weighted by Gasteiger charge is -2.08. The molecule has 2 aromatic heterocycles. The molecule has 0 saturated heterocycles. The third-order valence-electron chi connectivity index (χ3n) is 2.60. The highest BCUT2D eigenvalue weighted by atomic mass is 79.9. The number of nitrogens with two attached hydrogens (primary N) is 1. The van der Waals surface area contributed by atoms with E-state index in [1.54, 1.807) is 17.5 Å². The van der Waals surface area contributed by atoms with Crippen LogP contribution in [0, 0.1) is 13.8 Å². The van der Waals surface area contributed by atoms with Gasteiger partial charge < -0.3 is 5.73 Å².